The van der Waals surface area contributed by atoms with Gasteiger partial charge >= 0.3 is 54.0 Å². The van der Waals surface area contributed by atoms with Crippen LogP contribution in [0.2, 0.25) is 0 Å². The predicted octanol–water partition coefficient (Wildman–Crippen LogP) is 4.79. The van der Waals surface area contributed by atoms with E-state index in [1.54, 1.807) is 83.8 Å². The molecular weight excluding hydrogens is 1690 g/mol. The van der Waals surface area contributed by atoms with E-state index in [1.807, 2.05) is 32.7 Å². The number of terminal acetylenes is 4. The standard InChI is InChI=1S/4C18H16FN2O8P/c4*1-2-11-8-21(17(24)20-15(11)23)16-13(22)7-18(19,28-16)10-27-30(25)26-9-12-5-3-4-6-14(12)29-30/h4*1,3-6,8,13,16,22H,7,9-10H2,(H,20,23,24)/t4*13-,16-,18+,30?/m1111/s1/i10D2,16D;16D;10D2;. The number of aromatic amines is 4. The molecule has 0 radical (unpaired) electrons. The Morgan fingerprint density at radius 2 is 0.650 bits per heavy atom. The van der Waals surface area contributed by atoms with Crippen LogP contribution in [-0.4, -0.2) is 133 Å². The third-order valence-electron chi connectivity index (χ3n) is 17.6. The van der Waals surface area contributed by atoms with Gasteiger partial charge in [0.2, 0.25) is 23.4 Å². The number of benzene rings is 4. The molecule has 12 heterocycles. The number of phosphoric ester groups is 4. The van der Waals surface area contributed by atoms with Gasteiger partial charge in [-0.15, -0.1) is 25.7 Å². The summed E-state index contributed by atoms with van der Waals surface area (Å²) in [6.07, 6.45) is 4.20. The molecule has 16 rings (SSSR count). The molecule has 4 aromatic carbocycles. The summed E-state index contributed by atoms with van der Waals surface area (Å²) < 4.78 is 244. The molecule has 16 atom stereocenters. The number of phosphoric acid groups is 4. The van der Waals surface area contributed by atoms with E-state index in [1.165, 1.54) is 18.2 Å². The molecule has 0 aliphatic carbocycles. The monoisotopic (exact) mass is 1760 g/mol. The van der Waals surface area contributed by atoms with Crippen molar-refractivity contribution >= 4 is 31.3 Å². The Morgan fingerprint density at radius 3 is 0.983 bits per heavy atom. The Balaban J connectivity index is 0.000000144. The Kier molecular flexibility index (Phi) is 22.8. The van der Waals surface area contributed by atoms with Crippen molar-refractivity contribution in [1.82, 2.24) is 38.2 Å². The van der Waals surface area contributed by atoms with Crippen LogP contribution in [0.1, 0.15) is 103 Å². The lowest BCUT2D eigenvalue weighted by Crippen LogP contribution is -2.37. The number of aliphatic hydroxyl groups is 4. The van der Waals surface area contributed by atoms with Crippen LogP contribution in [0.5, 0.6) is 23.0 Å². The van der Waals surface area contributed by atoms with Crippen molar-refractivity contribution in [3.8, 4) is 72.4 Å². The summed E-state index contributed by atoms with van der Waals surface area (Å²) >= 11 is 0. The van der Waals surface area contributed by atoms with Crippen molar-refractivity contribution in [3.05, 3.63) is 250 Å². The zero-order valence-corrected chi connectivity index (χ0v) is 64.3. The quantitative estimate of drug-likeness (QED) is 0.0366. The molecule has 4 unspecified atom stereocenters. The molecule has 0 saturated carbocycles. The van der Waals surface area contributed by atoms with Crippen LogP contribution in [0, 0.1) is 49.4 Å². The summed E-state index contributed by atoms with van der Waals surface area (Å²) in [5.41, 5.74) is -6.97. The smallest absolute Gasteiger partial charge is 0.404 e. The molecule has 8 aliphatic rings. The van der Waals surface area contributed by atoms with Gasteiger partial charge in [-0.2, -0.15) is 0 Å². The maximum atomic E-state index is 15.7. The fraction of sp³-hybridized carbons (Fsp3) is 0.333. The lowest BCUT2D eigenvalue weighted by molar-refractivity contribution is -0.179. The number of para-hydroxylation sites is 4. The van der Waals surface area contributed by atoms with E-state index in [0.717, 1.165) is 23.2 Å². The fourth-order valence-electron chi connectivity index (χ4n) is 11.8. The summed E-state index contributed by atoms with van der Waals surface area (Å²) in [5, 5.41) is 41.1. The summed E-state index contributed by atoms with van der Waals surface area (Å²) in [5.74, 6) is -3.69. The Bertz CT molecular complexity index is 6580. The highest BCUT2D eigenvalue weighted by atomic mass is 31.2. The third-order valence-corrected chi connectivity index (χ3v) is 22.5. The zero-order valence-electron chi connectivity index (χ0n) is 66.7. The first-order valence-corrected chi connectivity index (χ1v) is 40.3. The minimum absolute atomic E-state index is 0.0551. The number of nitrogens with one attached hydrogen (secondary N) is 4. The molecule has 4 saturated heterocycles. The number of aromatic nitrogens is 8. The molecule has 0 spiro atoms. The topological polar surface area (TPSA) is 516 Å². The number of fused-ring (bicyclic) bond motifs is 4. The molecule has 4 aromatic heterocycles. The van der Waals surface area contributed by atoms with Gasteiger partial charge in [0.1, 0.15) is 96.0 Å². The summed E-state index contributed by atoms with van der Waals surface area (Å²) in [6, 6.07) is 25.8. The van der Waals surface area contributed by atoms with E-state index in [4.69, 9.17) is 107 Å². The van der Waals surface area contributed by atoms with E-state index in [-0.39, 0.29) is 66.1 Å². The van der Waals surface area contributed by atoms with Crippen molar-refractivity contribution in [3.63, 3.8) is 0 Å². The van der Waals surface area contributed by atoms with Gasteiger partial charge in [-0.05, 0) is 24.3 Å². The van der Waals surface area contributed by atoms with Crippen molar-refractivity contribution in [2.75, 3.05) is 26.3 Å². The molecule has 8 N–H and O–H groups in total. The summed E-state index contributed by atoms with van der Waals surface area (Å²) in [4.78, 5) is 102. The van der Waals surface area contributed by atoms with Crippen LogP contribution in [-0.2, 0) is 99.8 Å². The van der Waals surface area contributed by atoms with Gasteiger partial charge in [0.25, 0.3) is 22.2 Å². The number of halogens is 4. The second-order valence-corrected chi connectivity index (χ2v) is 32.3. The first-order chi connectivity index (χ1) is 59.1. The normalized spacial score (nSPS) is 32.5. The van der Waals surface area contributed by atoms with Crippen LogP contribution in [0.15, 0.2) is 160 Å². The van der Waals surface area contributed by atoms with Crippen LogP contribution in [0.4, 0.5) is 17.6 Å². The fourth-order valence-corrected chi connectivity index (χ4v) is 16.5. The molecule has 8 aromatic rings. The SMILES string of the molecule is C#Cc1cn([C@@H]2O[C@](F)(COP3(=O)OCc4ccccc4O3)C[C@H]2O)c(=O)[nH]c1=O.[2H]C([2H])(OP1(=O)OCc2ccccc2O1)[C@]1(F)C[C@@H](O)[C@H](n2cc(C#C)c(=O)[nH]c2=O)O1.[2H]C([2H])(OP1(=O)OCc2ccccc2O1)[C@]1(F)C[C@@H](O)[C@]([2H])(n2cc(C#C)c(=O)[nH]c2=O)O1.[2H][C@@]1(n2cc(C#C)c(=O)[nH]c2=O)O[C@](F)(COP2(=O)OCc3ccccc3O2)C[C@H]1O. The average Bonchev–Trinajstić information content (AvgIpc) is 1.55. The van der Waals surface area contributed by atoms with Crippen LogP contribution >= 0.6 is 31.3 Å². The van der Waals surface area contributed by atoms with Gasteiger partial charge in [-0.1, -0.05) is 96.5 Å². The number of hydrogen-bond acceptors (Lipinski definition) is 32. The van der Waals surface area contributed by atoms with Gasteiger partial charge in [-0.3, -0.25) is 93.6 Å². The maximum absolute atomic E-state index is 15.7. The highest BCUT2D eigenvalue weighted by molar-refractivity contribution is 7.49. The maximum Gasteiger partial charge on any atom is 0.530 e. The van der Waals surface area contributed by atoms with Crippen LogP contribution in [0.25, 0.3) is 0 Å². The highest BCUT2D eigenvalue weighted by Gasteiger charge is 2.55. The molecule has 40 nitrogen and oxygen atoms in total. The van der Waals surface area contributed by atoms with Crippen molar-refractivity contribution < 1.29 is 138 Å². The number of ether oxygens (including phenoxy) is 4. The number of H-pyrrole nitrogens is 4. The van der Waals surface area contributed by atoms with Gasteiger partial charge in [0, 0.05) is 72.7 Å². The van der Waals surface area contributed by atoms with Gasteiger partial charge in [-0.25, -0.2) is 55.0 Å². The Labute approximate surface area is 678 Å². The molecule has 120 heavy (non-hydrogen) atoms. The van der Waals surface area contributed by atoms with Gasteiger partial charge < -0.3 is 57.5 Å². The first kappa shape index (κ1) is 78.9. The number of nitrogens with zero attached hydrogens (tertiary/aromatic N) is 4. The van der Waals surface area contributed by atoms with Gasteiger partial charge in [0.15, 0.2) is 24.9 Å². The first-order valence-electron chi connectivity index (χ1n) is 37.4. The molecule has 0 bridgehead atoms. The minimum Gasteiger partial charge on any atom is -0.404 e. The summed E-state index contributed by atoms with van der Waals surface area (Å²) in [7, 11) is -17.7. The van der Waals surface area contributed by atoms with Crippen molar-refractivity contribution in [1.29, 1.82) is 0 Å². The number of aliphatic hydroxyl groups excluding tert-OH is 4. The summed E-state index contributed by atoms with van der Waals surface area (Å²) in [6.45, 7) is -9.66. The predicted molar refractivity (Wildman–Crippen MR) is 397 cm³/mol. The molecular formula is C72H64F4N8O32P4. The van der Waals surface area contributed by atoms with E-state index >= 15 is 17.6 Å². The van der Waals surface area contributed by atoms with E-state index < -0.39 is 207 Å². The molecule has 0 amide bonds. The molecule has 8 aliphatic heterocycles. The highest BCUT2D eigenvalue weighted by Crippen LogP contribution is 2.60. The zero-order chi connectivity index (χ0) is 91.5. The van der Waals surface area contributed by atoms with E-state index in [2.05, 4.69) is 5.92 Å². The molecule has 632 valence electrons. The third kappa shape index (κ3) is 19.4. The second kappa shape index (κ2) is 34.6. The van der Waals surface area contributed by atoms with E-state index in [0.29, 0.717) is 42.2 Å². The largest absolute Gasteiger partial charge is 0.530 e. The number of rotatable bonds is 16. The lowest BCUT2D eigenvalue weighted by atomic mass is 10.2. The van der Waals surface area contributed by atoms with E-state index in [9.17, 15) is 77.0 Å². The molecule has 48 heteroatoms. The average molecular weight is 1760 g/mol. The number of alkyl halides is 4. The van der Waals surface area contributed by atoms with Crippen molar-refractivity contribution in [2.24, 2.45) is 0 Å². The Morgan fingerprint density at radius 1 is 0.400 bits per heavy atom. The van der Waals surface area contributed by atoms with Crippen LogP contribution in [0.3, 0.4) is 0 Å². The second-order valence-electron chi connectivity index (χ2n) is 26.1. The minimum atomic E-state index is -4.71. The lowest BCUT2D eigenvalue weighted by Gasteiger charge is -2.27. The van der Waals surface area contributed by atoms with Crippen LogP contribution < -0.4 is 63.1 Å². The number of hydrogen-bond donors (Lipinski definition) is 8. The van der Waals surface area contributed by atoms with Crippen molar-refractivity contribution in [2.45, 2.75) is 125 Å². The Hall–Kier alpha value is -11.0. The molecule has 4 fully saturated rings. The van der Waals surface area contributed by atoms with Gasteiger partial charge in [0.05, 0.1) is 34.7 Å².